The zero-order chi connectivity index (χ0) is 11.5. The molecule has 0 saturated carbocycles. The van der Waals surface area contributed by atoms with Crippen LogP contribution in [0.15, 0.2) is 35.5 Å². The minimum absolute atomic E-state index is 0.562. The zero-order valence-electron chi connectivity index (χ0n) is 10.1. The highest BCUT2D eigenvalue weighted by Gasteiger charge is 1.89. The van der Waals surface area contributed by atoms with Gasteiger partial charge in [-0.25, -0.2) is 0 Å². The second-order valence-electron chi connectivity index (χ2n) is 3.90. The summed E-state index contributed by atoms with van der Waals surface area (Å²) < 4.78 is 0. The number of hydrogen-bond acceptors (Lipinski definition) is 2. The van der Waals surface area contributed by atoms with Gasteiger partial charge in [-0.15, -0.1) is 0 Å². The minimum atomic E-state index is 0.562. The first-order valence-electron chi connectivity index (χ1n) is 6.11. The summed E-state index contributed by atoms with van der Waals surface area (Å²) in [7, 11) is 0. The van der Waals surface area contributed by atoms with Crippen molar-refractivity contribution in [2.75, 3.05) is 0 Å². The fourth-order valence-electron chi connectivity index (χ4n) is 1.45. The molecule has 0 heterocycles. The monoisotopic (exact) mass is 219 g/mol. The smallest absolute Gasteiger partial charge is 0.142 e. The van der Waals surface area contributed by atoms with Crippen molar-refractivity contribution in [1.29, 1.82) is 0 Å². The highest BCUT2D eigenvalue weighted by atomic mass is 16.6. The number of hydrogen-bond donors (Lipinski definition) is 0. The molecule has 0 aromatic heterocycles. The molecule has 0 N–H and O–H groups in total. The second-order valence-corrected chi connectivity index (χ2v) is 3.90. The molecule has 0 aliphatic carbocycles. The predicted octanol–water partition coefficient (Wildman–Crippen LogP) is 4.16. The average Bonchev–Trinajstić information content (AvgIpc) is 2.34. The third-order valence-corrected chi connectivity index (χ3v) is 2.41. The summed E-state index contributed by atoms with van der Waals surface area (Å²) in [6.07, 6.45) is 8.00. The normalized spacial score (nSPS) is 10.8. The molecule has 1 rings (SSSR count). The van der Waals surface area contributed by atoms with Gasteiger partial charge in [0.2, 0.25) is 0 Å². The lowest BCUT2D eigenvalue weighted by molar-refractivity contribution is 0.131. The lowest BCUT2D eigenvalue weighted by Gasteiger charge is -1.98. The first-order valence-corrected chi connectivity index (χ1v) is 6.11. The Labute approximate surface area is 98.3 Å². The topological polar surface area (TPSA) is 21.6 Å². The van der Waals surface area contributed by atoms with Gasteiger partial charge in [0.25, 0.3) is 0 Å². The molecular formula is C14H21NO. The third kappa shape index (κ3) is 6.23. The molecule has 1 aromatic rings. The van der Waals surface area contributed by atoms with Gasteiger partial charge in [-0.3, -0.25) is 0 Å². The molecule has 16 heavy (non-hydrogen) atoms. The number of unbranched alkanes of at least 4 members (excludes halogenated alkanes) is 4. The summed E-state index contributed by atoms with van der Waals surface area (Å²) in [5.41, 5.74) is 1.16. The van der Waals surface area contributed by atoms with Crippen molar-refractivity contribution >= 4 is 6.21 Å². The Kier molecular flexibility index (Phi) is 7.14. The Morgan fingerprint density at radius 2 is 1.94 bits per heavy atom. The first kappa shape index (κ1) is 12.8. The van der Waals surface area contributed by atoms with Crippen LogP contribution in [0.5, 0.6) is 0 Å². The molecule has 0 unspecified atom stereocenters. The van der Waals surface area contributed by atoms with Crippen LogP contribution in [-0.4, -0.2) is 6.21 Å². The number of nitrogens with zero attached hydrogens (tertiary/aromatic N) is 1. The van der Waals surface area contributed by atoms with Crippen LogP contribution in [0.2, 0.25) is 0 Å². The predicted molar refractivity (Wildman–Crippen MR) is 68.5 cm³/mol. The maximum atomic E-state index is 5.20. The molecule has 0 radical (unpaired) electrons. The molecule has 0 atom stereocenters. The molecule has 1 aromatic carbocycles. The molecule has 0 aliphatic heterocycles. The Hall–Kier alpha value is -1.31. The Morgan fingerprint density at radius 3 is 2.69 bits per heavy atom. The van der Waals surface area contributed by atoms with Crippen LogP contribution in [0.4, 0.5) is 0 Å². The fourth-order valence-corrected chi connectivity index (χ4v) is 1.45. The summed E-state index contributed by atoms with van der Waals surface area (Å²) in [5.74, 6) is 0. The summed E-state index contributed by atoms with van der Waals surface area (Å²) in [6, 6.07) is 10.1. The molecule has 0 amide bonds. The van der Waals surface area contributed by atoms with E-state index in [1.165, 1.54) is 25.7 Å². The molecule has 88 valence electrons. The maximum Gasteiger partial charge on any atom is 0.142 e. The van der Waals surface area contributed by atoms with E-state index in [0.29, 0.717) is 6.61 Å². The van der Waals surface area contributed by atoms with E-state index in [9.17, 15) is 0 Å². The SMILES string of the molecule is CCCCCC/C=N/OCc1ccccc1. The number of oxime groups is 1. The van der Waals surface area contributed by atoms with E-state index in [4.69, 9.17) is 4.84 Å². The van der Waals surface area contributed by atoms with Gasteiger partial charge in [0.15, 0.2) is 0 Å². The highest BCUT2D eigenvalue weighted by Crippen LogP contribution is 2.02. The summed E-state index contributed by atoms with van der Waals surface area (Å²) in [4.78, 5) is 5.20. The van der Waals surface area contributed by atoms with E-state index < -0.39 is 0 Å². The Bertz CT molecular complexity index is 282. The molecule has 2 nitrogen and oxygen atoms in total. The number of benzene rings is 1. The molecule has 0 spiro atoms. The number of rotatable bonds is 8. The van der Waals surface area contributed by atoms with Crippen LogP contribution in [0.25, 0.3) is 0 Å². The molecule has 0 aliphatic rings. The fraction of sp³-hybridized carbons (Fsp3) is 0.500. The van der Waals surface area contributed by atoms with Crippen LogP contribution in [0.3, 0.4) is 0 Å². The average molecular weight is 219 g/mol. The molecule has 0 saturated heterocycles. The minimum Gasteiger partial charge on any atom is -0.391 e. The van der Waals surface area contributed by atoms with Gasteiger partial charge in [-0.05, 0) is 18.4 Å². The van der Waals surface area contributed by atoms with Gasteiger partial charge in [0.05, 0.1) is 0 Å². The van der Waals surface area contributed by atoms with Crippen molar-refractivity contribution in [3.05, 3.63) is 35.9 Å². The summed E-state index contributed by atoms with van der Waals surface area (Å²) in [6.45, 7) is 2.78. The Balaban J connectivity index is 2.00. The van der Waals surface area contributed by atoms with Crippen molar-refractivity contribution in [1.82, 2.24) is 0 Å². The first-order chi connectivity index (χ1) is 7.93. The van der Waals surface area contributed by atoms with Gasteiger partial charge in [0.1, 0.15) is 6.61 Å². The van der Waals surface area contributed by atoms with Crippen molar-refractivity contribution in [3.63, 3.8) is 0 Å². The van der Waals surface area contributed by atoms with Crippen molar-refractivity contribution < 1.29 is 4.84 Å². The van der Waals surface area contributed by atoms with Gasteiger partial charge in [-0.2, -0.15) is 0 Å². The zero-order valence-corrected chi connectivity index (χ0v) is 10.1. The lowest BCUT2D eigenvalue weighted by atomic mass is 10.2. The summed E-state index contributed by atoms with van der Waals surface area (Å²) in [5, 5.41) is 3.94. The van der Waals surface area contributed by atoms with E-state index in [1.54, 1.807) is 0 Å². The van der Waals surface area contributed by atoms with Crippen LogP contribution in [0, 0.1) is 0 Å². The van der Waals surface area contributed by atoms with Gasteiger partial charge >= 0.3 is 0 Å². The Morgan fingerprint density at radius 1 is 1.12 bits per heavy atom. The quantitative estimate of drug-likeness (QED) is 0.365. The van der Waals surface area contributed by atoms with E-state index in [-0.39, 0.29) is 0 Å². The maximum absolute atomic E-state index is 5.20. The third-order valence-electron chi connectivity index (χ3n) is 2.41. The molecule has 2 heteroatoms. The lowest BCUT2D eigenvalue weighted by Crippen LogP contribution is -1.86. The van der Waals surface area contributed by atoms with Crippen LogP contribution in [-0.2, 0) is 11.4 Å². The van der Waals surface area contributed by atoms with E-state index >= 15 is 0 Å². The van der Waals surface area contributed by atoms with E-state index in [1.807, 2.05) is 36.5 Å². The second kappa shape index (κ2) is 8.96. The van der Waals surface area contributed by atoms with Crippen LogP contribution < -0.4 is 0 Å². The van der Waals surface area contributed by atoms with Gasteiger partial charge < -0.3 is 4.84 Å². The van der Waals surface area contributed by atoms with Crippen molar-refractivity contribution in [3.8, 4) is 0 Å². The van der Waals surface area contributed by atoms with Crippen LogP contribution in [0.1, 0.15) is 44.6 Å². The largest absolute Gasteiger partial charge is 0.391 e. The van der Waals surface area contributed by atoms with E-state index in [2.05, 4.69) is 12.1 Å². The van der Waals surface area contributed by atoms with Gasteiger partial charge in [-0.1, -0.05) is 61.7 Å². The van der Waals surface area contributed by atoms with Gasteiger partial charge in [0, 0.05) is 6.21 Å². The molecule has 0 fully saturated rings. The summed E-state index contributed by atoms with van der Waals surface area (Å²) >= 11 is 0. The highest BCUT2D eigenvalue weighted by molar-refractivity contribution is 5.56. The van der Waals surface area contributed by atoms with Crippen molar-refractivity contribution in [2.45, 2.75) is 45.6 Å². The van der Waals surface area contributed by atoms with E-state index in [0.717, 1.165) is 12.0 Å². The van der Waals surface area contributed by atoms with Crippen LogP contribution >= 0.6 is 0 Å². The molecular weight excluding hydrogens is 198 g/mol. The standard InChI is InChI=1S/C14H21NO/c1-2-3-4-5-9-12-15-16-13-14-10-7-6-8-11-14/h6-8,10-12H,2-5,9,13H2,1H3/b15-12+. The van der Waals surface area contributed by atoms with Crippen molar-refractivity contribution in [2.24, 2.45) is 5.16 Å². The molecule has 0 bridgehead atoms.